The largest absolute Gasteiger partial charge is 0.480 e. The Morgan fingerprint density at radius 1 is 1.48 bits per heavy atom. The number of carboxylic acids is 1. The summed E-state index contributed by atoms with van der Waals surface area (Å²) in [6.07, 6.45) is -0.202. The predicted molar refractivity (Wildman–Crippen MR) is 72.7 cm³/mol. The van der Waals surface area contributed by atoms with Crippen LogP contribution in [0.1, 0.15) is 20.3 Å². The van der Waals surface area contributed by atoms with Gasteiger partial charge in [0.2, 0.25) is 0 Å². The molecule has 1 rings (SSSR count). The molecule has 8 heteroatoms. The lowest BCUT2D eigenvalue weighted by Gasteiger charge is -2.33. The molecule has 21 heavy (non-hydrogen) atoms. The lowest BCUT2D eigenvalue weighted by molar-refractivity contribution is -0.158. The highest BCUT2D eigenvalue weighted by atomic mass is 16.6. The lowest BCUT2D eigenvalue weighted by atomic mass is 9.99. The van der Waals surface area contributed by atoms with E-state index in [9.17, 15) is 14.4 Å². The third kappa shape index (κ3) is 4.59. The molecule has 8 nitrogen and oxygen atoms in total. The highest BCUT2D eigenvalue weighted by Crippen LogP contribution is 2.11. The molecular formula is C13H22N2O6. The van der Waals surface area contributed by atoms with Crippen molar-refractivity contribution < 1.29 is 29.0 Å². The molecule has 3 atom stereocenters. The monoisotopic (exact) mass is 302 g/mol. The van der Waals surface area contributed by atoms with Crippen LogP contribution in [0.4, 0.5) is 4.79 Å². The van der Waals surface area contributed by atoms with Gasteiger partial charge in [-0.2, -0.15) is 0 Å². The van der Waals surface area contributed by atoms with Gasteiger partial charge in [0, 0.05) is 6.54 Å². The normalized spacial score (nSPS) is 21.3. The molecule has 0 spiro atoms. The summed E-state index contributed by atoms with van der Waals surface area (Å²) in [6.45, 7) is 4.16. The van der Waals surface area contributed by atoms with Crippen molar-refractivity contribution in [3.63, 3.8) is 0 Å². The molecule has 1 saturated heterocycles. The first-order valence-corrected chi connectivity index (χ1v) is 6.88. The average molecular weight is 302 g/mol. The average Bonchev–Trinajstić information content (AvgIpc) is 2.50. The number of urea groups is 1. The number of nitrogens with zero attached hydrogens (tertiary/aromatic N) is 1. The molecule has 3 unspecified atom stereocenters. The van der Waals surface area contributed by atoms with E-state index < -0.39 is 30.1 Å². The molecule has 1 heterocycles. The van der Waals surface area contributed by atoms with E-state index in [2.05, 4.69) is 10.1 Å². The van der Waals surface area contributed by atoms with Crippen LogP contribution < -0.4 is 5.32 Å². The first kappa shape index (κ1) is 17.2. The highest BCUT2D eigenvalue weighted by molar-refractivity contribution is 5.83. The van der Waals surface area contributed by atoms with E-state index in [1.807, 2.05) is 6.92 Å². The van der Waals surface area contributed by atoms with Gasteiger partial charge in [0.15, 0.2) is 6.10 Å². The third-order valence-electron chi connectivity index (χ3n) is 3.58. The Balaban J connectivity index is 2.65. The number of carbonyl (C=O) groups excluding carboxylic acids is 2. The minimum atomic E-state index is -1.07. The molecule has 2 amide bonds. The number of morpholine rings is 1. The Kier molecular flexibility index (Phi) is 6.41. The number of carboxylic acid groups (broad SMARTS) is 1. The molecule has 120 valence electrons. The summed E-state index contributed by atoms with van der Waals surface area (Å²) in [7, 11) is 1.24. The topological polar surface area (TPSA) is 105 Å². The maximum Gasteiger partial charge on any atom is 0.336 e. The molecule has 2 N–H and O–H groups in total. The summed E-state index contributed by atoms with van der Waals surface area (Å²) < 4.78 is 9.80. The Bertz CT molecular complexity index is 400. The fourth-order valence-electron chi connectivity index (χ4n) is 2.02. The van der Waals surface area contributed by atoms with Gasteiger partial charge >= 0.3 is 18.0 Å². The highest BCUT2D eigenvalue weighted by Gasteiger charge is 2.32. The van der Waals surface area contributed by atoms with Gasteiger partial charge in [0.25, 0.3) is 0 Å². The number of aliphatic carboxylic acids is 1. The molecule has 0 radical (unpaired) electrons. The molecule has 0 aromatic rings. The van der Waals surface area contributed by atoms with Gasteiger partial charge in [-0.25, -0.2) is 14.4 Å². The lowest BCUT2D eigenvalue weighted by Crippen LogP contribution is -2.56. The van der Waals surface area contributed by atoms with Gasteiger partial charge < -0.3 is 24.8 Å². The van der Waals surface area contributed by atoms with Crippen LogP contribution in [-0.2, 0) is 19.1 Å². The standard InChI is InChI=1S/C13H22N2O6/c1-4-8(2)10(11(16)17)14-13(19)15-5-6-21-9(7-15)12(18)20-3/h8-10H,4-7H2,1-3H3,(H,14,19)(H,16,17). The third-order valence-corrected chi connectivity index (χ3v) is 3.58. The van der Waals surface area contributed by atoms with Gasteiger partial charge in [-0.05, 0) is 5.92 Å². The Morgan fingerprint density at radius 3 is 2.67 bits per heavy atom. The molecule has 0 aromatic heterocycles. The van der Waals surface area contributed by atoms with Crippen LogP contribution in [0.2, 0.25) is 0 Å². The van der Waals surface area contributed by atoms with Crippen molar-refractivity contribution in [2.45, 2.75) is 32.4 Å². The second-order valence-corrected chi connectivity index (χ2v) is 4.98. The molecule has 1 aliphatic heterocycles. The minimum Gasteiger partial charge on any atom is -0.480 e. The number of hydrogen-bond donors (Lipinski definition) is 2. The van der Waals surface area contributed by atoms with Crippen molar-refractivity contribution >= 4 is 18.0 Å². The number of rotatable bonds is 5. The zero-order chi connectivity index (χ0) is 16.0. The smallest absolute Gasteiger partial charge is 0.336 e. The van der Waals surface area contributed by atoms with Gasteiger partial charge in [-0.1, -0.05) is 20.3 Å². The van der Waals surface area contributed by atoms with Gasteiger partial charge in [0.1, 0.15) is 6.04 Å². The number of amides is 2. The van der Waals surface area contributed by atoms with E-state index in [0.29, 0.717) is 13.0 Å². The quantitative estimate of drug-likeness (QED) is 0.696. The first-order chi connectivity index (χ1) is 9.90. The molecule has 0 saturated carbocycles. The fourth-order valence-corrected chi connectivity index (χ4v) is 2.02. The van der Waals surface area contributed by atoms with Crippen LogP contribution in [0.5, 0.6) is 0 Å². The number of methoxy groups -OCH3 is 1. The first-order valence-electron chi connectivity index (χ1n) is 6.88. The number of hydrogen-bond acceptors (Lipinski definition) is 5. The van der Waals surface area contributed by atoms with E-state index in [-0.39, 0.29) is 19.1 Å². The van der Waals surface area contributed by atoms with Crippen LogP contribution in [0.25, 0.3) is 0 Å². The van der Waals surface area contributed by atoms with E-state index in [0.717, 1.165) is 0 Å². The second-order valence-electron chi connectivity index (χ2n) is 4.98. The summed E-state index contributed by atoms with van der Waals surface area (Å²) in [5.41, 5.74) is 0. The summed E-state index contributed by atoms with van der Waals surface area (Å²) >= 11 is 0. The second kappa shape index (κ2) is 7.82. The van der Waals surface area contributed by atoms with E-state index >= 15 is 0 Å². The van der Waals surface area contributed by atoms with Crippen LogP contribution >= 0.6 is 0 Å². The maximum atomic E-state index is 12.1. The van der Waals surface area contributed by atoms with E-state index in [4.69, 9.17) is 9.84 Å². The molecule has 0 aliphatic carbocycles. The summed E-state index contributed by atoms with van der Waals surface area (Å²) in [5, 5.41) is 11.7. The van der Waals surface area contributed by atoms with Crippen molar-refractivity contribution in [1.82, 2.24) is 10.2 Å². The maximum absolute atomic E-state index is 12.1. The summed E-state index contributed by atoms with van der Waals surface area (Å²) in [5.74, 6) is -1.82. The van der Waals surface area contributed by atoms with Gasteiger partial charge in [0.05, 0.1) is 20.3 Å². The number of esters is 1. The Hall–Kier alpha value is -1.83. The summed E-state index contributed by atoms with van der Waals surface area (Å²) in [6, 6.07) is -1.47. The zero-order valence-corrected chi connectivity index (χ0v) is 12.5. The van der Waals surface area contributed by atoms with Crippen LogP contribution in [0.15, 0.2) is 0 Å². The van der Waals surface area contributed by atoms with Crippen molar-refractivity contribution in [2.75, 3.05) is 26.8 Å². The van der Waals surface area contributed by atoms with Gasteiger partial charge in [-0.3, -0.25) is 0 Å². The molecule has 0 aromatic carbocycles. The van der Waals surface area contributed by atoms with Crippen LogP contribution in [0.3, 0.4) is 0 Å². The van der Waals surface area contributed by atoms with Gasteiger partial charge in [-0.15, -0.1) is 0 Å². The van der Waals surface area contributed by atoms with Crippen molar-refractivity contribution in [2.24, 2.45) is 5.92 Å². The molecule has 1 fully saturated rings. The fraction of sp³-hybridized carbons (Fsp3) is 0.769. The van der Waals surface area contributed by atoms with Crippen molar-refractivity contribution in [3.8, 4) is 0 Å². The zero-order valence-electron chi connectivity index (χ0n) is 12.5. The molecule has 1 aliphatic rings. The Morgan fingerprint density at radius 2 is 2.14 bits per heavy atom. The SMILES string of the molecule is CCC(C)C(NC(=O)N1CCOC(C(=O)OC)C1)C(=O)O. The van der Waals surface area contributed by atoms with E-state index in [1.165, 1.54) is 12.0 Å². The Labute approximate surface area is 123 Å². The number of ether oxygens (including phenoxy) is 2. The van der Waals surface area contributed by atoms with Crippen LogP contribution in [0, 0.1) is 5.92 Å². The molecule has 0 bridgehead atoms. The van der Waals surface area contributed by atoms with Crippen LogP contribution in [-0.4, -0.2) is 66.9 Å². The van der Waals surface area contributed by atoms with Crippen molar-refractivity contribution in [1.29, 1.82) is 0 Å². The van der Waals surface area contributed by atoms with Crippen molar-refractivity contribution in [3.05, 3.63) is 0 Å². The number of carbonyl (C=O) groups is 3. The molecular weight excluding hydrogens is 280 g/mol. The predicted octanol–water partition coefficient (Wildman–Crippen LogP) is 0.0691. The number of nitrogens with one attached hydrogen (secondary N) is 1. The minimum absolute atomic E-state index is 0.0470. The van der Waals surface area contributed by atoms with E-state index in [1.54, 1.807) is 6.92 Å². The summed E-state index contributed by atoms with van der Waals surface area (Å²) in [4.78, 5) is 36.1.